The maximum absolute atomic E-state index is 9.57. The first-order valence-electron chi connectivity index (χ1n) is 3.58. The number of nitrogens with zero attached hydrogens (tertiary/aromatic N) is 1. The molecule has 1 aromatic rings. The van der Waals surface area contributed by atoms with Crippen LogP contribution in [0.3, 0.4) is 0 Å². The van der Waals surface area contributed by atoms with E-state index in [9.17, 15) is 5.11 Å². The van der Waals surface area contributed by atoms with Crippen molar-refractivity contribution >= 4 is 31.9 Å². The van der Waals surface area contributed by atoms with Gasteiger partial charge < -0.3 is 9.52 Å². The molecule has 70 valence electrons. The molecule has 0 radical (unpaired) electrons. The van der Waals surface area contributed by atoms with Gasteiger partial charge in [0.05, 0.1) is 16.5 Å². The van der Waals surface area contributed by atoms with Gasteiger partial charge in [0.25, 0.3) is 0 Å². The molecule has 0 amide bonds. The van der Waals surface area contributed by atoms with Crippen LogP contribution in [0.15, 0.2) is 19.6 Å². The molecule has 1 aromatic heterocycles. The van der Waals surface area contributed by atoms with Crippen molar-refractivity contribution in [2.75, 3.05) is 0 Å². The lowest BCUT2D eigenvalue weighted by Gasteiger charge is -2.07. The first-order valence-corrected chi connectivity index (χ1v) is 5.17. The van der Waals surface area contributed by atoms with E-state index in [1.54, 1.807) is 13.0 Å². The van der Waals surface area contributed by atoms with Gasteiger partial charge in [-0.1, -0.05) is 0 Å². The van der Waals surface area contributed by atoms with Crippen molar-refractivity contribution in [3.05, 3.63) is 21.0 Å². The summed E-state index contributed by atoms with van der Waals surface area (Å²) in [5, 5.41) is 18.1. The second-order valence-corrected chi connectivity index (χ2v) is 4.21. The van der Waals surface area contributed by atoms with Crippen LogP contribution in [-0.4, -0.2) is 5.11 Å². The fourth-order valence-electron chi connectivity index (χ4n) is 0.826. The Morgan fingerprint density at radius 1 is 1.62 bits per heavy atom. The summed E-state index contributed by atoms with van der Waals surface area (Å²) in [5.74, 6) is -0.0993. The summed E-state index contributed by atoms with van der Waals surface area (Å²) < 4.78 is 6.42. The number of hydrogen-bond donors (Lipinski definition) is 1. The molecule has 2 atom stereocenters. The average molecular weight is 309 g/mol. The molecule has 0 fully saturated rings. The Balaban J connectivity index is 2.90. The quantitative estimate of drug-likeness (QED) is 0.913. The lowest BCUT2D eigenvalue weighted by atomic mass is 10.1. The number of hydrogen-bond acceptors (Lipinski definition) is 3. The van der Waals surface area contributed by atoms with Gasteiger partial charge in [0.1, 0.15) is 11.9 Å². The van der Waals surface area contributed by atoms with E-state index in [1.165, 1.54) is 0 Å². The number of halogens is 2. The molecule has 2 unspecified atom stereocenters. The summed E-state index contributed by atoms with van der Waals surface area (Å²) in [6.07, 6.45) is -0.882. The van der Waals surface area contributed by atoms with E-state index < -0.39 is 12.0 Å². The van der Waals surface area contributed by atoms with Gasteiger partial charge in [0.15, 0.2) is 4.67 Å². The van der Waals surface area contributed by atoms with Crippen molar-refractivity contribution in [1.29, 1.82) is 5.26 Å². The smallest absolute Gasteiger partial charge is 0.183 e. The van der Waals surface area contributed by atoms with Crippen molar-refractivity contribution in [2.24, 2.45) is 5.92 Å². The van der Waals surface area contributed by atoms with E-state index in [-0.39, 0.29) is 0 Å². The third-order valence-electron chi connectivity index (χ3n) is 1.63. The van der Waals surface area contributed by atoms with Crippen molar-refractivity contribution in [1.82, 2.24) is 0 Å². The minimum Gasteiger partial charge on any atom is -0.450 e. The minimum atomic E-state index is -0.882. The average Bonchev–Trinajstić information content (AvgIpc) is 2.44. The summed E-state index contributed by atoms with van der Waals surface area (Å²) in [4.78, 5) is 0. The second kappa shape index (κ2) is 4.27. The zero-order valence-electron chi connectivity index (χ0n) is 6.79. The summed E-state index contributed by atoms with van der Waals surface area (Å²) in [5.41, 5.74) is 0. The fraction of sp³-hybridized carbons (Fsp3) is 0.375. The standard InChI is InChI=1S/C8H7Br2NO2/c1-4(3-11)7(12)6-2-5(9)8(10)13-6/h2,4,7,12H,1H3. The molecule has 0 aromatic carbocycles. The molecular weight excluding hydrogens is 302 g/mol. The van der Waals surface area contributed by atoms with Gasteiger partial charge in [0, 0.05) is 0 Å². The van der Waals surface area contributed by atoms with E-state index in [1.807, 2.05) is 6.07 Å². The molecule has 0 aliphatic heterocycles. The second-order valence-electron chi connectivity index (χ2n) is 2.63. The number of nitriles is 1. The van der Waals surface area contributed by atoms with Crippen LogP contribution in [0.4, 0.5) is 0 Å². The van der Waals surface area contributed by atoms with Gasteiger partial charge in [-0.05, 0) is 44.8 Å². The molecule has 1 N–H and O–H groups in total. The van der Waals surface area contributed by atoms with Crippen LogP contribution in [0.2, 0.25) is 0 Å². The van der Waals surface area contributed by atoms with E-state index >= 15 is 0 Å². The first-order chi connectivity index (χ1) is 6.06. The van der Waals surface area contributed by atoms with Crippen molar-refractivity contribution in [2.45, 2.75) is 13.0 Å². The Morgan fingerprint density at radius 3 is 2.62 bits per heavy atom. The highest BCUT2D eigenvalue weighted by molar-refractivity contribution is 9.13. The normalized spacial score (nSPS) is 15.0. The van der Waals surface area contributed by atoms with Crippen LogP contribution >= 0.6 is 31.9 Å². The Labute approximate surface area is 92.6 Å². The van der Waals surface area contributed by atoms with E-state index in [2.05, 4.69) is 31.9 Å². The first kappa shape index (κ1) is 10.8. The molecule has 0 aliphatic rings. The van der Waals surface area contributed by atoms with Crippen LogP contribution in [0, 0.1) is 17.2 Å². The fourth-order valence-corrected chi connectivity index (χ4v) is 1.43. The number of aliphatic hydroxyl groups is 1. The van der Waals surface area contributed by atoms with Crippen LogP contribution < -0.4 is 0 Å². The molecule has 0 saturated heterocycles. The van der Waals surface area contributed by atoms with E-state index in [0.29, 0.717) is 10.4 Å². The molecule has 1 rings (SSSR count). The van der Waals surface area contributed by atoms with Gasteiger partial charge in [-0.3, -0.25) is 0 Å². The summed E-state index contributed by atoms with van der Waals surface area (Å²) in [7, 11) is 0. The maximum Gasteiger partial charge on any atom is 0.183 e. The van der Waals surface area contributed by atoms with Gasteiger partial charge >= 0.3 is 0 Å². The highest BCUT2D eigenvalue weighted by atomic mass is 79.9. The Kier molecular flexibility index (Phi) is 3.54. The van der Waals surface area contributed by atoms with Crippen LogP contribution in [-0.2, 0) is 0 Å². The monoisotopic (exact) mass is 307 g/mol. The molecular formula is C8H7Br2NO2. The van der Waals surface area contributed by atoms with Gasteiger partial charge in [0.2, 0.25) is 0 Å². The van der Waals surface area contributed by atoms with Crippen LogP contribution in [0.5, 0.6) is 0 Å². The van der Waals surface area contributed by atoms with Crippen molar-refractivity contribution < 1.29 is 9.52 Å². The topological polar surface area (TPSA) is 57.2 Å². The molecule has 0 aliphatic carbocycles. The highest BCUT2D eigenvalue weighted by Crippen LogP contribution is 2.32. The third kappa shape index (κ3) is 2.33. The Hall–Kier alpha value is -0.310. The molecule has 3 nitrogen and oxygen atoms in total. The van der Waals surface area contributed by atoms with E-state index in [0.717, 1.165) is 4.47 Å². The Bertz CT molecular complexity index is 323. The molecule has 0 saturated carbocycles. The lowest BCUT2D eigenvalue weighted by molar-refractivity contribution is 0.116. The Morgan fingerprint density at radius 2 is 2.23 bits per heavy atom. The zero-order chi connectivity index (χ0) is 10.0. The van der Waals surface area contributed by atoms with Crippen molar-refractivity contribution in [3.8, 4) is 6.07 Å². The van der Waals surface area contributed by atoms with Crippen LogP contribution in [0.1, 0.15) is 18.8 Å². The maximum atomic E-state index is 9.57. The minimum absolute atomic E-state index is 0.382. The summed E-state index contributed by atoms with van der Waals surface area (Å²) in [6.45, 7) is 1.63. The van der Waals surface area contributed by atoms with Gasteiger partial charge in [-0.25, -0.2) is 0 Å². The van der Waals surface area contributed by atoms with Crippen LogP contribution in [0.25, 0.3) is 0 Å². The van der Waals surface area contributed by atoms with Gasteiger partial charge in [-0.15, -0.1) is 0 Å². The highest BCUT2D eigenvalue weighted by Gasteiger charge is 2.20. The van der Waals surface area contributed by atoms with Gasteiger partial charge in [-0.2, -0.15) is 5.26 Å². The predicted molar refractivity (Wildman–Crippen MR) is 53.8 cm³/mol. The third-order valence-corrected chi connectivity index (χ3v) is 3.34. The summed E-state index contributed by atoms with van der Waals surface area (Å²) in [6, 6.07) is 3.59. The molecule has 0 bridgehead atoms. The predicted octanol–water partition coefficient (Wildman–Crippen LogP) is 3.00. The number of furan rings is 1. The lowest BCUT2D eigenvalue weighted by Crippen LogP contribution is -2.05. The summed E-state index contributed by atoms with van der Waals surface area (Å²) >= 11 is 6.37. The molecule has 5 heteroatoms. The SMILES string of the molecule is CC(C#N)C(O)c1cc(Br)c(Br)o1. The number of aliphatic hydroxyl groups excluding tert-OH is 1. The molecule has 1 heterocycles. The van der Waals surface area contributed by atoms with Crippen molar-refractivity contribution in [3.63, 3.8) is 0 Å². The largest absolute Gasteiger partial charge is 0.450 e. The zero-order valence-corrected chi connectivity index (χ0v) is 9.96. The molecule has 0 spiro atoms. The van der Waals surface area contributed by atoms with E-state index in [4.69, 9.17) is 9.68 Å². The molecule has 13 heavy (non-hydrogen) atoms. The number of rotatable bonds is 2.